The topological polar surface area (TPSA) is 49.7 Å². The van der Waals surface area contributed by atoms with Gasteiger partial charge in [-0.05, 0) is 30.7 Å². The van der Waals surface area contributed by atoms with Crippen molar-refractivity contribution in [3.63, 3.8) is 0 Å². The third-order valence-electron chi connectivity index (χ3n) is 7.44. The number of rotatable bonds is 2. The molecule has 0 unspecified atom stereocenters. The lowest BCUT2D eigenvalue weighted by molar-refractivity contribution is 0.0168. The molecule has 2 aliphatic heterocycles. The number of H-pyrrole nitrogens is 1. The number of fused-ring (bicyclic) bond motifs is 11. The van der Waals surface area contributed by atoms with Crippen LogP contribution < -0.4 is 4.90 Å². The zero-order chi connectivity index (χ0) is 25.6. The Hall–Kier alpha value is -4.14. The van der Waals surface area contributed by atoms with Crippen LogP contribution in [0.15, 0.2) is 48.8 Å². The summed E-state index contributed by atoms with van der Waals surface area (Å²) in [5.74, 6) is -4.27. The van der Waals surface area contributed by atoms with Crippen molar-refractivity contribution >= 4 is 16.7 Å². The molecule has 186 valence electrons. The Bertz CT molecular complexity index is 1740. The monoisotopic (exact) mass is 503 g/mol. The molecule has 0 saturated heterocycles. The van der Waals surface area contributed by atoms with Crippen LogP contribution >= 0.6 is 0 Å². The average Bonchev–Trinajstić information content (AvgIpc) is 3.46. The van der Waals surface area contributed by atoms with Gasteiger partial charge in [0, 0.05) is 72.0 Å². The predicted octanol–water partition coefficient (Wildman–Crippen LogP) is 6.66. The Morgan fingerprint density at radius 3 is 2.68 bits per heavy atom. The van der Waals surface area contributed by atoms with Crippen molar-refractivity contribution in [1.29, 1.82) is 0 Å². The molecule has 0 fully saturated rings. The number of nitrogens with one attached hydrogen (secondary N) is 1. The van der Waals surface area contributed by atoms with Crippen molar-refractivity contribution in [3.05, 3.63) is 82.8 Å². The summed E-state index contributed by atoms with van der Waals surface area (Å²) in [7, 11) is 0. The Balaban J connectivity index is 1.44. The Morgan fingerprint density at radius 1 is 1.05 bits per heavy atom. The Morgan fingerprint density at radius 2 is 1.89 bits per heavy atom. The van der Waals surface area contributed by atoms with Gasteiger partial charge in [-0.3, -0.25) is 0 Å². The van der Waals surface area contributed by atoms with Crippen LogP contribution in [-0.4, -0.2) is 26.3 Å². The molecule has 37 heavy (non-hydrogen) atoms. The molecule has 9 heteroatoms. The third-order valence-corrected chi connectivity index (χ3v) is 7.44. The molecule has 3 aromatic heterocycles. The molecule has 0 saturated carbocycles. The average molecular weight is 504 g/mol. The van der Waals surface area contributed by atoms with Crippen LogP contribution in [0.1, 0.15) is 29.3 Å². The number of aryl methyl sites for hydroxylation is 1. The highest BCUT2D eigenvalue weighted by molar-refractivity contribution is 6.02. The van der Waals surface area contributed by atoms with Gasteiger partial charge in [0.05, 0.1) is 22.6 Å². The molecule has 5 aromatic rings. The summed E-state index contributed by atoms with van der Waals surface area (Å²) < 4.78 is 60.0. The number of halogens is 4. The number of para-hydroxylation sites is 1. The smallest absolute Gasteiger partial charge is 0.272 e. The van der Waals surface area contributed by atoms with Gasteiger partial charge in [-0.15, -0.1) is 0 Å². The normalized spacial score (nSPS) is 14.4. The summed E-state index contributed by atoms with van der Waals surface area (Å²) in [6.07, 6.45) is 3.26. The largest absolute Gasteiger partial charge is 0.359 e. The first-order valence-electron chi connectivity index (χ1n) is 12.0. The molecule has 0 aliphatic carbocycles. The molecule has 1 N–H and O–H groups in total. The van der Waals surface area contributed by atoms with Crippen LogP contribution in [-0.2, 0) is 18.9 Å². The van der Waals surface area contributed by atoms with E-state index in [2.05, 4.69) is 9.97 Å². The van der Waals surface area contributed by atoms with Gasteiger partial charge < -0.3 is 9.88 Å². The number of alkyl halides is 2. The fourth-order valence-electron chi connectivity index (χ4n) is 5.64. The molecule has 5 heterocycles. The molecule has 7 rings (SSSR count). The van der Waals surface area contributed by atoms with Gasteiger partial charge in [0.25, 0.3) is 5.92 Å². The molecule has 2 bridgehead atoms. The molecule has 2 aliphatic rings. The molecule has 5 nitrogen and oxygen atoms in total. The van der Waals surface area contributed by atoms with Gasteiger partial charge in [0.15, 0.2) is 17.5 Å². The van der Waals surface area contributed by atoms with E-state index in [9.17, 15) is 8.78 Å². The van der Waals surface area contributed by atoms with Gasteiger partial charge in [-0.25, -0.2) is 27.2 Å². The van der Waals surface area contributed by atoms with Crippen LogP contribution in [0.5, 0.6) is 0 Å². The molecule has 0 radical (unpaired) electrons. The third kappa shape index (κ3) is 3.09. The zero-order valence-corrected chi connectivity index (χ0v) is 20.0. The van der Waals surface area contributed by atoms with Crippen molar-refractivity contribution < 1.29 is 17.6 Å². The minimum absolute atomic E-state index is 0.0235. The van der Waals surface area contributed by atoms with E-state index in [1.54, 1.807) is 11.1 Å². The minimum Gasteiger partial charge on any atom is -0.359 e. The first kappa shape index (κ1) is 22.1. The van der Waals surface area contributed by atoms with Gasteiger partial charge >= 0.3 is 0 Å². The zero-order valence-electron chi connectivity index (χ0n) is 20.0. The maximum Gasteiger partial charge on any atom is 0.272 e. The maximum atomic E-state index is 15.6. The van der Waals surface area contributed by atoms with E-state index in [1.807, 2.05) is 41.9 Å². The van der Waals surface area contributed by atoms with Crippen LogP contribution in [0.3, 0.4) is 0 Å². The van der Waals surface area contributed by atoms with Crippen LogP contribution in [0.25, 0.3) is 39.0 Å². The van der Waals surface area contributed by atoms with E-state index in [0.29, 0.717) is 24.0 Å². The summed E-state index contributed by atoms with van der Waals surface area (Å²) in [6.45, 7) is 3.41. The standard InChI is InChI=1S/C28H21F4N5/c1-14-4-3-5-17-18-11-19(16-6-8-33-24(16)23(18)30)26-20-13-36(9-7-22(20)35-37(26)25(14)17)27-21(29)10-15(12-34-27)28(2,31)32/h3-6,8,10-12,33H,7,9,13H2,1-2H3. The van der Waals surface area contributed by atoms with E-state index in [0.717, 1.165) is 63.9 Å². The molecule has 0 spiro atoms. The first-order valence-corrected chi connectivity index (χ1v) is 12.0. The fraction of sp³-hybridized carbons (Fsp3) is 0.214. The Labute approximate surface area is 209 Å². The summed E-state index contributed by atoms with van der Waals surface area (Å²) in [5.41, 5.74) is 6.33. The lowest BCUT2D eigenvalue weighted by Gasteiger charge is -2.28. The lowest BCUT2D eigenvalue weighted by Crippen LogP contribution is -2.32. The van der Waals surface area contributed by atoms with Crippen molar-refractivity contribution in [1.82, 2.24) is 19.7 Å². The van der Waals surface area contributed by atoms with Gasteiger partial charge in [-0.2, -0.15) is 5.10 Å². The summed E-state index contributed by atoms with van der Waals surface area (Å²) >= 11 is 0. The van der Waals surface area contributed by atoms with E-state index >= 15 is 8.78 Å². The quantitative estimate of drug-likeness (QED) is 0.269. The van der Waals surface area contributed by atoms with Crippen molar-refractivity contribution in [3.8, 4) is 28.1 Å². The van der Waals surface area contributed by atoms with Crippen molar-refractivity contribution in [2.75, 3.05) is 11.4 Å². The van der Waals surface area contributed by atoms with Crippen molar-refractivity contribution in [2.24, 2.45) is 0 Å². The second kappa shape index (κ2) is 7.44. The highest BCUT2D eigenvalue weighted by atomic mass is 19.3. The molecule has 2 aromatic carbocycles. The maximum absolute atomic E-state index is 15.6. The number of pyridine rings is 1. The summed E-state index contributed by atoms with van der Waals surface area (Å²) in [5, 5.41) is 5.70. The lowest BCUT2D eigenvalue weighted by atomic mass is 9.95. The van der Waals surface area contributed by atoms with Gasteiger partial charge in [-0.1, -0.05) is 18.2 Å². The highest BCUT2D eigenvalue weighted by Crippen LogP contribution is 2.46. The van der Waals surface area contributed by atoms with Crippen molar-refractivity contribution in [2.45, 2.75) is 32.7 Å². The number of nitrogens with zero attached hydrogens (tertiary/aromatic N) is 4. The van der Waals surface area contributed by atoms with E-state index in [4.69, 9.17) is 5.10 Å². The second-order valence-corrected chi connectivity index (χ2v) is 9.80. The number of anilines is 1. The molecular formula is C28H21F4N5. The minimum atomic E-state index is -3.18. The first-order chi connectivity index (χ1) is 17.7. The molecule has 0 amide bonds. The van der Waals surface area contributed by atoms with Gasteiger partial charge in [0.1, 0.15) is 0 Å². The van der Waals surface area contributed by atoms with E-state index in [1.165, 1.54) is 0 Å². The Kier molecular flexibility index (Phi) is 4.44. The number of aromatic nitrogens is 4. The van der Waals surface area contributed by atoms with Crippen LogP contribution in [0.2, 0.25) is 0 Å². The number of hydrogen-bond donors (Lipinski definition) is 1. The number of aromatic amines is 1. The second-order valence-electron chi connectivity index (χ2n) is 9.80. The number of hydrogen-bond acceptors (Lipinski definition) is 3. The molecular weight excluding hydrogens is 482 g/mol. The van der Waals surface area contributed by atoms with E-state index < -0.39 is 17.3 Å². The molecule has 0 atom stereocenters. The van der Waals surface area contributed by atoms with Gasteiger partial charge in [0.2, 0.25) is 0 Å². The van der Waals surface area contributed by atoms with E-state index in [-0.39, 0.29) is 18.2 Å². The predicted molar refractivity (Wildman–Crippen MR) is 133 cm³/mol. The van der Waals surface area contributed by atoms with Crippen LogP contribution in [0.4, 0.5) is 23.4 Å². The number of benzene rings is 2. The highest BCUT2D eigenvalue weighted by Gasteiger charge is 2.34. The van der Waals surface area contributed by atoms with Crippen LogP contribution in [0, 0.1) is 18.6 Å². The fourth-order valence-corrected chi connectivity index (χ4v) is 5.64. The summed E-state index contributed by atoms with van der Waals surface area (Å²) in [4.78, 5) is 8.86. The SMILES string of the molecule is Cc1cccc2c1-n1nc3c(c1-c1cc-2c(F)c2[nH]ccc12)CN(c1ncc(C(C)(F)F)cc1F)CC3. The summed E-state index contributed by atoms with van der Waals surface area (Å²) in [6, 6.07) is 10.3.